The molecule has 0 amide bonds. The second-order valence-electron chi connectivity index (χ2n) is 5.48. The van der Waals surface area contributed by atoms with Crippen LogP contribution in [0.1, 0.15) is 19.3 Å². The molecule has 1 saturated carbocycles. The van der Waals surface area contributed by atoms with Gasteiger partial charge >= 0.3 is 0 Å². The molecule has 1 aromatic rings. The molecule has 1 aromatic carbocycles. The lowest BCUT2D eigenvalue weighted by atomic mass is 9.76. The number of anilines is 1. The number of halogens is 1. The van der Waals surface area contributed by atoms with E-state index in [1.165, 1.54) is 12.1 Å². The number of rotatable bonds is 5. The first-order valence-corrected chi connectivity index (χ1v) is 8.35. The Hall–Kier alpha value is -0.820. The standard InChI is InChI=1S/C13H20ClN3O2S/c1-17(2)13(6-3-7-13)9-16-20(18,19)12-8-10(14)4-5-11(12)15/h4-5,8,16H,3,6-7,9,15H2,1-2H3. The zero-order chi connectivity index (χ0) is 15.0. The summed E-state index contributed by atoms with van der Waals surface area (Å²) >= 11 is 5.85. The fraction of sp³-hybridized carbons (Fsp3) is 0.538. The molecule has 0 radical (unpaired) electrons. The smallest absolute Gasteiger partial charge is 0.242 e. The maximum absolute atomic E-state index is 12.3. The number of nitrogens with one attached hydrogen (secondary N) is 1. The van der Waals surface area contributed by atoms with Crippen LogP contribution in [0.2, 0.25) is 5.02 Å². The Labute approximate surface area is 125 Å². The first kappa shape index (κ1) is 15.6. The van der Waals surface area contributed by atoms with E-state index >= 15 is 0 Å². The summed E-state index contributed by atoms with van der Waals surface area (Å²) in [5, 5.41) is 0.352. The number of nitrogen functional groups attached to an aromatic ring is 1. The molecule has 1 fully saturated rings. The Morgan fingerprint density at radius 1 is 1.40 bits per heavy atom. The fourth-order valence-corrected chi connectivity index (χ4v) is 3.93. The highest BCUT2D eigenvalue weighted by Crippen LogP contribution is 2.36. The predicted molar refractivity (Wildman–Crippen MR) is 81.3 cm³/mol. The Kier molecular flexibility index (Phi) is 4.30. The predicted octanol–water partition coefficient (Wildman–Crippen LogP) is 1.68. The van der Waals surface area contributed by atoms with Crippen molar-refractivity contribution in [1.29, 1.82) is 0 Å². The van der Waals surface area contributed by atoms with E-state index in [0.29, 0.717) is 11.6 Å². The van der Waals surface area contributed by atoms with Crippen molar-refractivity contribution in [2.45, 2.75) is 29.7 Å². The van der Waals surface area contributed by atoms with Gasteiger partial charge in [0, 0.05) is 17.1 Å². The van der Waals surface area contributed by atoms with E-state index in [9.17, 15) is 8.42 Å². The molecule has 0 aromatic heterocycles. The molecule has 0 saturated heterocycles. The third-order valence-corrected chi connectivity index (χ3v) is 5.78. The molecule has 1 aliphatic rings. The minimum Gasteiger partial charge on any atom is -0.398 e. The SMILES string of the molecule is CN(C)C1(CNS(=O)(=O)c2cc(Cl)ccc2N)CCC1. The van der Waals surface area contributed by atoms with E-state index in [0.717, 1.165) is 19.3 Å². The molecule has 20 heavy (non-hydrogen) atoms. The fourth-order valence-electron chi connectivity index (χ4n) is 2.42. The first-order valence-electron chi connectivity index (χ1n) is 6.49. The second kappa shape index (κ2) is 5.52. The Morgan fingerprint density at radius 3 is 2.55 bits per heavy atom. The quantitative estimate of drug-likeness (QED) is 0.810. The lowest BCUT2D eigenvalue weighted by Crippen LogP contribution is -2.57. The molecule has 3 N–H and O–H groups in total. The van der Waals surface area contributed by atoms with E-state index < -0.39 is 10.0 Å². The van der Waals surface area contributed by atoms with Crippen molar-refractivity contribution in [1.82, 2.24) is 9.62 Å². The number of likely N-dealkylation sites (N-methyl/N-ethyl adjacent to an activating group) is 1. The van der Waals surface area contributed by atoms with Crippen molar-refractivity contribution in [2.75, 3.05) is 26.4 Å². The Balaban J connectivity index is 2.17. The van der Waals surface area contributed by atoms with Gasteiger partial charge in [0.15, 0.2) is 0 Å². The average molecular weight is 318 g/mol. The molecular formula is C13H20ClN3O2S. The molecule has 112 valence electrons. The third kappa shape index (κ3) is 2.93. The lowest BCUT2D eigenvalue weighted by molar-refractivity contribution is 0.0657. The molecule has 0 spiro atoms. The minimum absolute atomic E-state index is 0.0400. The summed E-state index contributed by atoms with van der Waals surface area (Å²) in [5.74, 6) is 0. The van der Waals surface area contributed by atoms with E-state index in [2.05, 4.69) is 9.62 Å². The highest BCUT2D eigenvalue weighted by atomic mass is 35.5. The van der Waals surface area contributed by atoms with Crippen molar-refractivity contribution in [3.8, 4) is 0 Å². The normalized spacial score (nSPS) is 18.0. The van der Waals surface area contributed by atoms with E-state index in [-0.39, 0.29) is 16.1 Å². The molecule has 2 rings (SSSR count). The molecular weight excluding hydrogens is 298 g/mol. The molecule has 1 aliphatic carbocycles. The number of sulfonamides is 1. The summed E-state index contributed by atoms with van der Waals surface area (Å²) in [4.78, 5) is 2.12. The van der Waals surface area contributed by atoms with E-state index in [1.807, 2.05) is 14.1 Å². The molecule has 0 unspecified atom stereocenters. The van der Waals surface area contributed by atoms with Crippen molar-refractivity contribution in [3.63, 3.8) is 0 Å². The molecule has 0 aliphatic heterocycles. The summed E-state index contributed by atoms with van der Waals surface area (Å²) < 4.78 is 27.4. The zero-order valence-corrected chi connectivity index (χ0v) is 13.3. The molecule has 5 nitrogen and oxygen atoms in total. The molecule has 0 atom stereocenters. The Morgan fingerprint density at radius 2 is 2.05 bits per heavy atom. The van der Waals surface area contributed by atoms with Crippen LogP contribution in [0.4, 0.5) is 5.69 Å². The van der Waals surface area contributed by atoms with Gasteiger partial charge in [-0.3, -0.25) is 0 Å². The van der Waals surface area contributed by atoms with Gasteiger partial charge in [0.25, 0.3) is 0 Å². The molecule has 7 heteroatoms. The van der Waals surface area contributed by atoms with E-state index in [1.54, 1.807) is 6.07 Å². The van der Waals surface area contributed by atoms with Crippen LogP contribution < -0.4 is 10.5 Å². The number of hydrogen-bond donors (Lipinski definition) is 2. The maximum atomic E-state index is 12.3. The van der Waals surface area contributed by atoms with Crippen LogP contribution in [-0.4, -0.2) is 39.5 Å². The van der Waals surface area contributed by atoms with Crippen LogP contribution in [-0.2, 0) is 10.0 Å². The van der Waals surface area contributed by atoms with Gasteiger partial charge in [0.1, 0.15) is 4.90 Å². The zero-order valence-electron chi connectivity index (χ0n) is 11.7. The molecule has 0 bridgehead atoms. The van der Waals surface area contributed by atoms with Gasteiger partial charge in [-0.1, -0.05) is 11.6 Å². The number of nitrogens with zero attached hydrogens (tertiary/aromatic N) is 1. The average Bonchev–Trinajstić information content (AvgIpc) is 2.30. The largest absolute Gasteiger partial charge is 0.398 e. The summed E-state index contributed by atoms with van der Waals surface area (Å²) in [7, 11) is 0.304. The van der Waals surface area contributed by atoms with Crippen LogP contribution in [0.25, 0.3) is 0 Å². The Bertz CT molecular complexity index is 598. The summed E-state index contributed by atoms with van der Waals surface area (Å²) in [6.45, 7) is 0.383. The van der Waals surface area contributed by atoms with Crippen LogP contribution in [0.3, 0.4) is 0 Å². The van der Waals surface area contributed by atoms with E-state index in [4.69, 9.17) is 17.3 Å². The number of nitrogens with two attached hydrogens (primary N) is 1. The third-order valence-electron chi connectivity index (χ3n) is 4.09. The van der Waals surface area contributed by atoms with Gasteiger partial charge in [-0.25, -0.2) is 13.1 Å². The van der Waals surface area contributed by atoms with Gasteiger partial charge in [0.05, 0.1) is 5.69 Å². The van der Waals surface area contributed by atoms with Crippen LogP contribution in [0.5, 0.6) is 0 Å². The van der Waals surface area contributed by atoms with Crippen LogP contribution >= 0.6 is 11.6 Å². The maximum Gasteiger partial charge on any atom is 0.242 e. The van der Waals surface area contributed by atoms with Gasteiger partial charge in [-0.2, -0.15) is 0 Å². The first-order chi connectivity index (χ1) is 9.27. The lowest BCUT2D eigenvalue weighted by Gasteiger charge is -2.47. The topological polar surface area (TPSA) is 75.4 Å². The number of benzene rings is 1. The van der Waals surface area contributed by atoms with Gasteiger partial charge < -0.3 is 10.6 Å². The minimum atomic E-state index is -3.64. The summed E-state index contributed by atoms with van der Waals surface area (Å²) in [5.41, 5.74) is 5.85. The van der Waals surface area contributed by atoms with Gasteiger partial charge in [-0.15, -0.1) is 0 Å². The summed E-state index contributed by atoms with van der Waals surface area (Å²) in [6, 6.07) is 4.45. The highest BCUT2D eigenvalue weighted by molar-refractivity contribution is 7.89. The van der Waals surface area contributed by atoms with Crippen molar-refractivity contribution >= 4 is 27.3 Å². The number of hydrogen-bond acceptors (Lipinski definition) is 4. The monoisotopic (exact) mass is 317 g/mol. The van der Waals surface area contributed by atoms with Gasteiger partial charge in [0.2, 0.25) is 10.0 Å². The van der Waals surface area contributed by atoms with Crippen molar-refractivity contribution < 1.29 is 8.42 Å². The molecule has 0 heterocycles. The summed E-state index contributed by atoms with van der Waals surface area (Å²) in [6.07, 6.45) is 3.11. The van der Waals surface area contributed by atoms with Crippen molar-refractivity contribution in [3.05, 3.63) is 23.2 Å². The second-order valence-corrected chi connectivity index (χ2v) is 7.65. The van der Waals surface area contributed by atoms with Crippen LogP contribution in [0.15, 0.2) is 23.1 Å². The van der Waals surface area contributed by atoms with Crippen LogP contribution in [0, 0.1) is 0 Å². The highest BCUT2D eigenvalue weighted by Gasteiger charge is 2.40. The van der Waals surface area contributed by atoms with Crippen molar-refractivity contribution in [2.24, 2.45) is 0 Å². The van der Waals surface area contributed by atoms with Gasteiger partial charge in [-0.05, 0) is 51.6 Å².